The maximum absolute atomic E-state index is 13.7. The predicted octanol–water partition coefficient (Wildman–Crippen LogP) is 5.95. The molecule has 3 aromatic carbocycles. The third kappa shape index (κ3) is 5.77. The van der Waals surface area contributed by atoms with E-state index in [9.17, 15) is 18.8 Å². The second-order valence-corrected chi connectivity index (χ2v) is 10.6. The third-order valence-corrected chi connectivity index (χ3v) is 7.90. The number of amides is 2. The second-order valence-electron chi connectivity index (χ2n) is 10.6. The molecular formula is C33H29FN2O5. The van der Waals surface area contributed by atoms with Gasteiger partial charge in [-0.25, -0.2) is 4.39 Å². The molecule has 2 amide bonds. The Labute approximate surface area is 237 Å². The summed E-state index contributed by atoms with van der Waals surface area (Å²) in [5.74, 6) is -0.132. The summed E-state index contributed by atoms with van der Waals surface area (Å²) in [5.41, 5.74) is 0.878. The van der Waals surface area contributed by atoms with Crippen molar-refractivity contribution in [2.24, 2.45) is 17.3 Å². The lowest BCUT2D eigenvalue weighted by Crippen LogP contribution is -2.38. The Balaban J connectivity index is 1.19. The number of carbonyl (C=O) groups excluding carboxylic acids is 3. The van der Waals surface area contributed by atoms with E-state index in [0.29, 0.717) is 36.6 Å². The molecule has 3 aromatic rings. The SMILES string of the molecule is O=C1CC[C@@H](C(=O)N2C=CC3(C(=O)Nc4ccc(Oc5ccc(F)cc5)cc4)CC3C(/C=C/c3ccccc3)C2)O1. The number of nitrogens with zero attached hydrogens (tertiary/aromatic N) is 1. The highest BCUT2D eigenvalue weighted by atomic mass is 19.1. The lowest BCUT2D eigenvalue weighted by molar-refractivity contribution is -0.151. The van der Waals surface area contributed by atoms with Crippen molar-refractivity contribution in [1.82, 2.24) is 4.90 Å². The van der Waals surface area contributed by atoms with E-state index in [1.165, 1.54) is 12.1 Å². The third-order valence-electron chi connectivity index (χ3n) is 7.90. The van der Waals surface area contributed by atoms with Crippen LogP contribution in [0.15, 0.2) is 97.2 Å². The van der Waals surface area contributed by atoms with Gasteiger partial charge in [0.2, 0.25) is 5.91 Å². The van der Waals surface area contributed by atoms with Crippen LogP contribution < -0.4 is 10.1 Å². The van der Waals surface area contributed by atoms with E-state index >= 15 is 0 Å². The van der Waals surface area contributed by atoms with Gasteiger partial charge in [-0.05, 0) is 72.4 Å². The number of carbonyl (C=O) groups is 3. The number of cyclic esters (lactones) is 1. The first-order valence-electron chi connectivity index (χ1n) is 13.7. The molecule has 0 spiro atoms. The molecule has 1 aliphatic carbocycles. The molecule has 3 aliphatic rings. The molecule has 208 valence electrons. The maximum Gasteiger partial charge on any atom is 0.306 e. The van der Waals surface area contributed by atoms with Crippen LogP contribution in [0.2, 0.25) is 0 Å². The Bertz CT molecular complexity index is 1500. The fourth-order valence-corrected chi connectivity index (χ4v) is 5.54. The number of esters is 1. The summed E-state index contributed by atoms with van der Waals surface area (Å²) >= 11 is 0. The Kier molecular flexibility index (Phi) is 7.14. The fourth-order valence-electron chi connectivity index (χ4n) is 5.54. The van der Waals surface area contributed by atoms with Crippen LogP contribution >= 0.6 is 0 Å². The van der Waals surface area contributed by atoms with Gasteiger partial charge in [0.1, 0.15) is 17.3 Å². The molecule has 4 atom stereocenters. The van der Waals surface area contributed by atoms with Crippen molar-refractivity contribution in [2.75, 3.05) is 11.9 Å². The van der Waals surface area contributed by atoms with Gasteiger partial charge in [0.25, 0.3) is 5.91 Å². The van der Waals surface area contributed by atoms with Crippen molar-refractivity contribution in [2.45, 2.75) is 25.4 Å². The molecular weight excluding hydrogens is 523 g/mol. The normalized spacial score (nSPS) is 24.9. The van der Waals surface area contributed by atoms with Crippen LogP contribution in [0.4, 0.5) is 10.1 Å². The van der Waals surface area contributed by atoms with Gasteiger partial charge in [0.15, 0.2) is 6.10 Å². The van der Waals surface area contributed by atoms with Crippen molar-refractivity contribution in [3.63, 3.8) is 0 Å². The van der Waals surface area contributed by atoms with Gasteiger partial charge in [0, 0.05) is 31.3 Å². The minimum Gasteiger partial charge on any atom is -0.457 e. The number of ether oxygens (including phenoxy) is 2. The van der Waals surface area contributed by atoms with E-state index in [1.54, 1.807) is 47.5 Å². The van der Waals surface area contributed by atoms with Crippen molar-refractivity contribution >= 4 is 29.5 Å². The van der Waals surface area contributed by atoms with Crippen LogP contribution in [-0.2, 0) is 19.1 Å². The molecule has 41 heavy (non-hydrogen) atoms. The lowest BCUT2D eigenvalue weighted by Gasteiger charge is -2.24. The van der Waals surface area contributed by atoms with Crippen LogP contribution in [0.3, 0.4) is 0 Å². The highest BCUT2D eigenvalue weighted by Crippen LogP contribution is 2.60. The first-order valence-corrected chi connectivity index (χ1v) is 13.7. The highest BCUT2D eigenvalue weighted by Gasteiger charge is 2.61. The summed E-state index contributed by atoms with van der Waals surface area (Å²) < 4.78 is 24.1. The van der Waals surface area contributed by atoms with Gasteiger partial charge in [0.05, 0.1) is 5.41 Å². The minimum absolute atomic E-state index is 0.00345. The van der Waals surface area contributed by atoms with E-state index in [1.807, 2.05) is 42.5 Å². The van der Waals surface area contributed by atoms with E-state index < -0.39 is 11.5 Å². The predicted molar refractivity (Wildman–Crippen MR) is 151 cm³/mol. The molecule has 8 heteroatoms. The quantitative estimate of drug-likeness (QED) is 0.366. The number of anilines is 1. The van der Waals surface area contributed by atoms with Crippen LogP contribution in [-0.4, -0.2) is 35.3 Å². The first kappa shape index (κ1) is 26.5. The largest absolute Gasteiger partial charge is 0.457 e. The number of hydrogen-bond donors (Lipinski definition) is 1. The van der Waals surface area contributed by atoms with Crippen molar-refractivity contribution in [3.05, 3.63) is 109 Å². The number of rotatable bonds is 7. The molecule has 6 rings (SSSR count). The molecule has 1 N–H and O–H groups in total. The molecule has 3 unspecified atom stereocenters. The van der Waals surface area contributed by atoms with Gasteiger partial charge in [-0.15, -0.1) is 0 Å². The standard InChI is InChI=1S/C33H29FN2O5/c34-24-8-12-26(13-9-24)40-27-14-10-25(11-15-27)35-32(39)33-18-19-36(31(38)29-16-17-30(37)41-29)21-23(28(33)20-33)7-6-22-4-2-1-3-5-22/h1-15,18-19,23,28-29H,16-17,20-21H2,(H,35,39)/b7-6+/t23?,28?,29-,33?/m0/s1. The zero-order valence-corrected chi connectivity index (χ0v) is 22.2. The Morgan fingerprint density at radius 2 is 1.71 bits per heavy atom. The molecule has 1 saturated heterocycles. The van der Waals surface area contributed by atoms with E-state index in [2.05, 4.69) is 11.4 Å². The van der Waals surface area contributed by atoms with Crippen LogP contribution in [0.25, 0.3) is 6.08 Å². The minimum atomic E-state index is -0.791. The summed E-state index contributed by atoms with van der Waals surface area (Å²) in [6.45, 7) is 0.391. The zero-order valence-electron chi connectivity index (χ0n) is 22.2. The number of fused-ring (bicyclic) bond motifs is 1. The second kappa shape index (κ2) is 11.0. The lowest BCUT2D eigenvalue weighted by atomic mass is 9.93. The van der Waals surface area contributed by atoms with Gasteiger partial charge in [-0.2, -0.15) is 0 Å². The molecule has 0 radical (unpaired) electrons. The van der Waals surface area contributed by atoms with Crippen molar-refractivity contribution in [1.29, 1.82) is 0 Å². The molecule has 2 aliphatic heterocycles. The van der Waals surface area contributed by atoms with Crippen molar-refractivity contribution in [3.8, 4) is 11.5 Å². The molecule has 2 heterocycles. The molecule has 0 bridgehead atoms. The Hall–Kier alpha value is -4.72. The monoisotopic (exact) mass is 552 g/mol. The summed E-state index contributed by atoms with van der Waals surface area (Å²) in [6.07, 6.45) is 8.07. The average molecular weight is 553 g/mol. The van der Waals surface area contributed by atoms with Gasteiger partial charge in [-0.3, -0.25) is 14.4 Å². The Morgan fingerprint density at radius 3 is 2.39 bits per heavy atom. The van der Waals surface area contributed by atoms with Gasteiger partial charge in [-0.1, -0.05) is 48.6 Å². The van der Waals surface area contributed by atoms with E-state index in [0.717, 1.165) is 5.56 Å². The molecule has 0 aromatic heterocycles. The van der Waals surface area contributed by atoms with E-state index in [4.69, 9.17) is 9.47 Å². The molecule has 2 fully saturated rings. The first-order chi connectivity index (χ1) is 19.9. The summed E-state index contributed by atoms with van der Waals surface area (Å²) in [5, 5.41) is 3.03. The topological polar surface area (TPSA) is 84.9 Å². The number of halogens is 1. The number of hydrogen-bond acceptors (Lipinski definition) is 5. The smallest absolute Gasteiger partial charge is 0.306 e. The molecule has 1 saturated carbocycles. The zero-order chi connectivity index (χ0) is 28.4. The maximum atomic E-state index is 13.7. The summed E-state index contributed by atoms with van der Waals surface area (Å²) in [7, 11) is 0. The summed E-state index contributed by atoms with van der Waals surface area (Å²) in [4.78, 5) is 40.1. The average Bonchev–Trinajstić information content (AvgIpc) is 3.61. The summed E-state index contributed by atoms with van der Waals surface area (Å²) in [6, 6.07) is 22.6. The number of nitrogens with one attached hydrogen (secondary N) is 1. The Morgan fingerprint density at radius 1 is 1.00 bits per heavy atom. The van der Waals surface area contributed by atoms with Crippen LogP contribution in [0.5, 0.6) is 11.5 Å². The van der Waals surface area contributed by atoms with Crippen molar-refractivity contribution < 1.29 is 28.2 Å². The highest BCUT2D eigenvalue weighted by molar-refractivity contribution is 5.99. The van der Waals surface area contributed by atoms with Gasteiger partial charge < -0.3 is 19.7 Å². The number of benzene rings is 3. The van der Waals surface area contributed by atoms with Crippen LogP contribution in [0, 0.1) is 23.1 Å². The molecule has 7 nitrogen and oxygen atoms in total. The fraction of sp³-hybridized carbons (Fsp3) is 0.242. The van der Waals surface area contributed by atoms with Crippen LogP contribution in [0.1, 0.15) is 24.8 Å². The van der Waals surface area contributed by atoms with E-state index in [-0.39, 0.29) is 41.9 Å². The van der Waals surface area contributed by atoms with Gasteiger partial charge >= 0.3 is 5.97 Å².